The van der Waals surface area contributed by atoms with Crippen molar-refractivity contribution in [2.24, 2.45) is 0 Å². The number of furan rings is 1. The maximum atomic E-state index is 11.4. The molecule has 2 aromatic carbocycles. The van der Waals surface area contributed by atoms with Gasteiger partial charge in [-0.05, 0) is 30.3 Å². The topological polar surface area (TPSA) is 70.7 Å². The lowest BCUT2D eigenvalue weighted by Gasteiger charge is -1.99. The van der Waals surface area contributed by atoms with Gasteiger partial charge in [-0.25, -0.2) is 4.79 Å². The Morgan fingerprint density at radius 2 is 1.68 bits per heavy atom. The van der Waals surface area contributed by atoms with E-state index in [1.807, 2.05) is 0 Å². The standard InChI is InChI=1S/C15H10O4/c16-10-7-5-9(6-8-10)14-13(15(17)18)11-3-1-2-4-12(11)19-14/h1-8,16H,(H,17,18). The van der Waals surface area contributed by atoms with Gasteiger partial charge in [0, 0.05) is 10.9 Å². The number of para-hydroxylation sites is 1. The molecule has 94 valence electrons. The zero-order chi connectivity index (χ0) is 13.4. The van der Waals surface area contributed by atoms with Crippen molar-refractivity contribution >= 4 is 16.9 Å². The van der Waals surface area contributed by atoms with Crippen molar-refractivity contribution in [2.75, 3.05) is 0 Å². The molecule has 0 unspecified atom stereocenters. The lowest BCUT2D eigenvalue weighted by Crippen LogP contribution is -1.96. The Hall–Kier alpha value is -2.75. The molecule has 19 heavy (non-hydrogen) atoms. The van der Waals surface area contributed by atoms with Crippen molar-refractivity contribution in [1.29, 1.82) is 0 Å². The molecule has 0 amide bonds. The second kappa shape index (κ2) is 4.17. The first-order valence-electron chi connectivity index (χ1n) is 5.71. The lowest BCUT2D eigenvalue weighted by molar-refractivity contribution is 0.0699. The van der Waals surface area contributed by atoms with Crippen molar-refractivity contribution in [2.45, 2.75) is 0 Å². The van der Waals surface area contributed by atoms with Gasteiger partial charge in [0.25, 0.3) is 0 Å². The fourth-order valence-corrected chi connectivity index (χ4v) is 2.07. The van der Waals surface area contributed by atoms with E-state index in [1.165, 1.54) is 12.1 Å². The number of benzene rings is 2. The summed E-state index contributed by atoms with van der Waals surface area (Å²) in [6, 6.07) is 13.2. The number of phenols is 1. The third-order valence-electron chi connectivity index (χ3n) is 2.94. The van der Waals surface area contributed by atoms with Gasteiger partial charge in [0.1, 0.15) is 22.7 Å². The molecule has 0 aliphatic carbocycles. The Kier molecular flexibility index (Phi) is 2.49. The maximum Gasteiger partial charge on any atom is 0.340 e. The molecule has 1 heterocycles. The van der Waals surface area contributed by atoms with Gasteiger partial charge in [0.15, 0.2) is 0 Å². The van der Waals surface area contributed by atoms with Gasteiger partial charge in [0.2, 0.25) is 0 Å². The Balaban J connectivity index is 2.31. The van der Waals surface area contributed by atoms with Crippen molar-refractivity contribution in [3.05, 3.63) is 54.1 Å². The van der Waals surface area contributed by atoms with Crippen LogP contribution in [0.1, 0.15) is 10.4 Å². The average molecular weight is 254 g/mol. The Morgan fingerprint density at radius 3 is 2.37 bits per heavy atom. The summed E-state index contributed by atoms with van der Waals surface area (Å²) in [5, 5.41) is 19.2. The largest absolute Gasteiger partial charge is 0.508 e. The first-order chi connectivity index (χ1) is 9.16. The zero-order valence-corrected chi connectivity index (χ0v) is 9.83. The molecule has 4 nitrogen and oxygen atoms in total. The van der Waals surface area contributed by atoms with E-state index in [9.17, 15) is 15.0 Å². The summed E-state index contributed by atoms with van der Waals surface area (Å²) in [5.41, 5.74) is 1.29. The molecule has 0 aliphatic rings. The van der Waals surface area contributed by atoms with Crippen LogP contribution in [-0.2, 0) is 0 Å². The van der Waals surface area contributed by atoms with Crippen molar-refractivity contribution in [3.8, 4) is 17.1 Å². The van der Waals surface area contributed by atoms with Crippen LogP contribution >= 0.6 is 0 Å². The molecular formula is C15H10O4. The fourth-order valence-electron chi connectivity index (χ4n) is 2.07. The SMILES string of the molecule is O=C(O)c1c(-c2ccc(O)cc2)oc2ccccc12. The fraction of sp³-hybridized carbons (Fsp3) is 0. The lowest BCUT2D eigenvalue weighted by atomic mass is 10.1. The first-order valence-corrected chi connectivity index (χ1v) is 5.71. The molecule has 0 spiro atoms. The van der Waals surface area contributed by atoms with Gasteiger partial charge >= 0.3 is 5.97 Å². The highest BCUT2D eigenvalue weighted by Crippen LogP contribution is 2.34. The molecule has 0 radical (unpaired) electrons. The summed E-state index contributed by atoms with van der Waals surface area (Å²) in [6.45, 7) is 0. The number of phenolic OH excluding ortho intramolecular Hbond substituents is 1. The van der Waals surface area contributed by atoms with Crippen molar-refractivity contribution in [3.63, 3.8) is 0 Å². The first kappa shape index (κ1) is 11.3. The minimum Gasteiger partial charge on any atom is -0.508 e. The van der Waals surface area contributed by atoms with Crippen LogP contribution in [0.4, 0.5) is 0 Å². The second-order valence-corrected chi connectivity index (χ2v) is 4.15. The molecule has 0 saturated heterocycles. The van der Waals surface area contributed by atoms with Crippen LogP contribution in [0.3, 0.4) is 0 Å². The van der Waals surface area contributed by atoms with Gasteiger partial charge in [-0.3, -0.25) is 0 Å². The van der Waals surface area contributed by atoms with Crippen LogP contribution in [0.15, 0.2) is 52.9 Å². The van der Waals surface area contributed by atoms with Crippen molar-refractivity contribution < 1.29 is 19.4 Å². The van der Waals surface area contributed by atoms with Gasteiger partial charge in [-0.15, -0.1) is 0 Å². The van der Waals surface area contributed by atoms with Crippen LogP contribution in [0, 0.1) is 0 Å². The molecule has 0 atom stereocenters. The molecule has 3 rings (SSSR count). The van der Waals surface area contributed by atoms with Crippen molar-refractivity contribution in [1.82, 2.24) is 0 Å². The second-order valence-electron chi connectivity index (χ2n) is 4.15. The van der Waals surface area contributed by atoms with Crippen LogP contribution in [0.25, 0.3) is 22.3 Å². The number of fused-ring (bicyclic) bond motifs is 1. The zero-order valence-electron chi connectivity index (χ0n) is 9.83. The third kappa shape index (κ3) is 1.83. The molecule has 4 heteroatoms. The molecule has 0 saturated carbocycles. The predicted molar refractivity (Wildman–Crippen MR) is 70.3 cm³/mol. The predicted octanol–water partition coefficient (Wildman–Crippen LogP) is 3.50. The van der Waals surface area contributed by atoms with E-state index in [0.29, 0.717) is 22.3 Å². The number of carboxylic acid groups (broad SMARTS) is 1. The Bertz CT molecular complexity index is 753. The van der Waals surface area contributed by atoms with Crippen LogP contribution in [0.5, 0.6) is 5.75 Å². The number of aromatic hydroxyl groups is 1. The van der Waals surface area contributed by atoms with E-state index in [0.717, 1.165) is 0 Å². The smallest absolute Gasteiger partial charge is 0.340 e. The number of carbonyl (C=O) groups is 1. The summed E-state index contributed by atoms with van der Waals surface area (Å²) in [5.74, 6) is -0.613. The average Bonchev–Trinajstić information content (AvgIpc) is 2.78. The van der Waals surface area contributed by atoms with E-state index in [4.69, 9.17) is 4.42 Å². The van der Waals surface area contributed by atoms with Crippen LogP contribution < -0.4 is 0 Å². The minimum atomic E-state index is -1.03. The number of hydrogen-bond donors (Lipinski definition) is 2. The van der Waals surface area contributed by atoms with E-state index >= 15 is 0 Å². The quantitative estimate of drug-likeness (QED) is 0.734. The summed E-state index contributed by atoms with van der Waals surface area (Å²) in [6.07, 6.45) is 0. The van der Waals surface area contributed by atoms with E-state index in [2.05, 4.69) is 0 Å². The molecule has 1 aromatic heterocycles. The summed E-state index contributed by atoms with van der Waals surface area (Å²) < 4.78 is 5.62. The van der Waals surface area contributed by atoms with Gasteiger partial charge in [0.05, 0.1) is 0 Å². The Labute approximate surface area is 108 Å². The summed E-state index contributed by atoms with van der Waals surface area (Å²) >= 11 is 0. The monoisotopic (exact) mass is 254 g/mol. The molecule has 0 aliphatic heterocycles. The highest BCUT2D eigenvalue weighted by Gasteiger charge is 2.20. The van der Waals surface area contributed by atoms with Gasteiger partial charge < -0.3 is 14.6 Å². The number of rotatable bonds is 2. The molecule has 3 aromatic rings. The van der Waals surface area contributed by atoms with E-state index < -0.39 is 5.97 Å². The molecular weight excluding hydrogens is 244 g/mol. The van der Waals surface area contributed by atoms with Crippen LogP contribution in [-0.4, -0.2) is 16.2 Å². The number of aromatic carboxylic acids is 1. The normalized spacial score (nSPS) is 10.7. The van der Waals surface area contributed by atoms with Crippen LogP contribution in [0.2, 0.25) is 0 Å². The molecule has 0 fully saturated rings. The highest BCUT2D eigenvalue weighted by atomic mass is 16.4. The Morgan fingerprint density at radius 1 is 1.00 bits per heavy atom. The van der Waals surface area contributed by atoms with E-state index in [-0.39, 0.29) is 11.3 Å². The van der Waals surface area contributed by atoms with Gasteiger partial charge in [-0.2, -0.15) is 0 Å². The minimum absolute atomic E-state index is 0.122. The molecule has 0 bridgehead atoms. The molecule has 2 N–H and O–H groups in total. The summed E-state index contributed by atoms with van der Waals surface area (Å²) in [4.78, 5) is 11.4. The summed E-state index contributed by atoms with van der Waals surface area (Å²) in [7, 11) is 0. The van der Waals surface area contributed by atoms with E-state index in [1.54, 1.807) is 36.4 Å². The van der Waals surface area contributed by atoms with Gasteiger partial charge in [-0.1, -0.05) is 18.2 Å². The number of carboxylic acids is 1. The maximum absolute atomic E-state index is 11.4. The third-order valence-corrected chi connectivity index (χ3v) is 2.94. The number of hydrogen-bond acceptors (Lipinski definition) is 3. The highest BCUT2D eigenvalue weighted by molar-refractivity contribution is 6.07.